The molecule has 0 heterocycles. The first-order chi connectivity index (χ1) is 7.74. The van der Waals surface area contributed by atoms with E-state index in [0.717, 1.165) is 24.9 Å². The Morgan fingerprint density at radius 1 is 1.12 bits per heavy atom. The summed E-state index contributed by atoms with van der Waals surface area (Å²) in [5, 5.41) is 11.8. The van der Waals surface area contributed by atoms with Crippen molar-refractivity contribution in [3.63, 3.8) is 0 Å². The van der Waals surface area contributed by atoms with Gasteiger partial charge >= 0.3 is 0 Å². The van der Waals surface area contributed by atoms with E-state index in [1.165, 1.54) is 12.1 Å². The van der Waals surface area contributed by atoms with Gasteiger partial charge in [0.25, 0.3) is 6.43 Å². The number of alkyl halides is 2. The van der Waals surface area contributed by atoms with Gasteiger partial charge in [0, 0.05) is 18.7 Å². The van der Waals surface area contributed by atoms with E-state index in [-0.39, 0.29) is 12.2 Å². The van der Waals surface area contributed by atoms with Crippen molar-refractivity contribution in [3.05, 3.63) is 35.4 Å². The van der Waals surface area contributed by atoms with Crippen LogP contribution in [0.25, 0.3) is 0 Å². The number of hydrogen-bond acceptors (Lipinski definition) is 2. The van der Waals surface area contributed by atoms with Crippen LogP contribution < -0.4 is 5.32 Å². The Kier molecular flexibility index (Phi) is 5.96. The van der Waals surface area contributed by atoms with Crippen LogP contribution in [0.4, 0.5) is 8.78 Å². The van der Waals surface area contributed by atoms with Crippen LogP contribution >= 0.6 is 0 Å². The first kappa shape index (κ1) is 13.1. The zero-order chi connectivity index (χ0) is 11.8. The Morgan fingerprint density at radius 3 is 2.38 bits per heavy atom. The Balaban J connectivity index is 2.27. The van der Waals surface area contributed by atoms with Crippen LogP contribution in [0.15, 0.2) is 24.3 Å². The predicted molar refractivity (Wildman–Crippen MR) is 59.4 cm³/mol. The fourth-order valence-electron chi connectivity index (χ4n) is 1.38. The van der Waals surface area contributed by atoms with E-state index in [2.05, 4.69) is 5.32 Å². The summed E-state index contributed by atoms with van der Waals surface area (Å²) in [6.45, 7) is 1.72. The summed E-state index contributed by atoms with van der Waals surface area (Å²) < 4.78 is 24.5. The molecule has 90 valence electrons. The minimum Gasteiger partial charge on any atom is -0.396 e. The predicted octanol–water partition coefficient (Wildman–Crippen LogP) is 2.49. The minimum absolute atomic E-state index is 0.0593. The van der Waals surface area contributed by atoms with Crippen LogP contribution in [0.2, 0.25) is 0 Å². The number of hydrogen-bond donors (Lipinski definition) is 2. The van der Waals surface area contributed by atoms with Crippen LogP contribution in [0.5, 0.6) is 0 Å². The molecule has 0 fully saturated rings. The Hall–Kier alpha value is -1.00. The summed E-state index contributed by atoms with van der Waals surface area (Å²) in [6.07, 6.45) is -0.685. The maximum absolute atomic E-state index is 12.3. The second kappa shape index (κ2) is 7.30. The SMILES string of the molecule is OCCCCNCc1ccc(C(F)F)cc1. The van der Waals surface area contributed by atoms with Crippen molar-refractivity contribution in [2.75, 3.05) is 13.2 Å². The number of nitrogens with one attached hydrogen (secondary N) is 1. The van der Waals surface area contributed by atoms with E-state index in [1.807, 2.05) is 0 Å². The summed E-state index contributed by atoms with van der Waals surface area (Å²) in [6, 6.07) is 6.33. The Labute approximate surface area is 94.3 Å². The van der Waals surface area contributed by atoms with Gasteiger partial charge in [-0.1, -0.05) is 24.3 Å². The summed E-state index contributed by atoms with van der Waals surface area (Å²) in [7, 11) is 0. The molecule has 1 aromatic carbocycles. The lowest BCUT2D eigenvalue weighted by Crippen LogP contribution is -2.14. The van der Waals surface area contributed by atoms with Gasteiger partial charge in [0.05, 0.1) is 0 Å². The lowest BCUT2D eigenvalue weighted by molar-refractivity contribution is 0.151. The van der Waals surface area contributed by atoms with E-state index in [4.69, 9.17) is 5.11 Å². The highest BCUT2D eigenvalue weighted by Gasteiger charge is 2.05. The van der Waals surface area contributed by atoms with Gasteiger partial charge in [-0.05, 0) is 24.9 Å². The van der Waals surface area contributed by atoms with Crippen molar-refractivity contribution in [1.82, 2.24) is 5.32 Å². The molecule has 0 bridgehead atoms. The molecule has 0 aliphatic carbocycles. The van der Waals surface area contributed by atoms with Crippen LogP contribution in [0, 0.1) is 0 Å². The van der Waals surface area contributed by atoms with E-state index in [1.54, 1.807) is 12.1 Å². The number of halogens is 2. The maximum Gasteiger partial charge on any atom is 0.263 e. The topological polar surface area (TPSA) is 32.3 Å². The van der Waals surface area contributed by atoms with Gasteiger partial charge in [0.2, 0.25) is 0 Å². The monoisotopic (exact) mass is 229 g/mol. The molecule has 2 N–H and O–H groups in total. The van der Waals surface area contributed by atoms with Gasteiger partial charge in [-0.3, -0.25) is 0 Å². The van der Waals surface area contributed by atoms with Gasteiger partial charge in [-0.2, -0.15) is 0 Å². The van der Waals surface area contributed by atoms with E-state index >= 15 is 0 Å². The van der Waals surface area contributed by atoms with Crippen molar-refractivity contribution in [2.24, 2.45) is 0 Å². The highest BCUT2D eigenvalue weighted by Crippen LogP contribution is 2.18. The number of aliphatic hydroxyl groups is 1. The normalized spacial score (nSPS) is 11.0. The molecular weight excluding hydrogens is 212 g/mol. The third-order valence-electron chi connectivity index (χ3n) is 2.32. The second-order valence-electron chi connectivity index (χ2n) is 3.65. The van der Waals surface area contributed by atoms with Crippen molar-refractivity contribution < 1.29 is 13.9 Å². The highest BCUT2D eigenvalue weighted by atomic mass is 19.3. The van der Waals surface area contributed by atoms with Gasteiger partial charge in [0.15, 0.2) is 0 Å². The Bertz CT molecular complexity index is 288. The van der Waals surface area contributed by atoms with E-state index in [9.17, 15) is 8.78 Å². The van der Waals surface area contributed by atoms with E-state index < -0.39 is 6.43 Å². The maximum atomic E-state index is 12.3. The third kappa shape index (κ3) is 4.68. The van der Waals surface area contributed by atoms with Crippen molar-refractivity contribution >= 4 is 0 Å². The second-order valence-corrected chi connectivity index (χ2v) is 3.65. The van der Waals surface area contributed by atoms with Crippen molar-refractivity contribution in [2.45, 2.75) is 25.8 Å². The molecule has 0 aliphatic heterocycles. The fourth-order valence-corrected chi connectivity index (χ4v) is 1.38. The van der Waals surface area contributed by atoms with Crippen LogP contribution in [0.1, 0.15) is 30.4 Å². The van der Waals surface area contributed by atoms with Gasteiger partial charge < -0.3 is 10.4 Å². The number of unbranched alkanes of at least 4 members (excludes halogenated alkanes) is 1. The highest BCUT2D eigenvalue weighted by molar-refractivity contribution is 5.23. The average Bonchev–Trinajstić information content (AvgIpc) is 2.29. The first-order valence-electron chi connectivity index (χ1n) is 5.42. The molecular formula is C12H17F2NO. The average molecular weight is 229 g/mol. The van der Waals surface area contributed by atoms with Crippen LogP contribution in [-0.4, -0.2) is 18.3 Å². The fraction of sp³-hybridized carbons (Fsp3) is 0.500. The lowest BCUT2D eigenvalue weighted by Gasteiger charge is -2.05. The smallest absolute Gasteiger partial charge is 0.263 e. The zero-order valence-electron chi connectivity index (χ0n) is 9.13. The molecule has 0 spiro atoms. The number of aliphatic hydroxyl groups excluding tert-OH is 1. The van der Waals surface area contributed by atoms with E-state index in [0.29, 0.717) is 6.54 Å². The first-order valence-corrected chi connectivity index (χ1v) is 5.42. The summed E-state index contributed by atoms with van der Waals surface area (Å²) in [4.78, 5) is 0. The summed E-state index contributed by atoms with van der Waals surface area (Å²) >= 11 is 0. The quantitative estimate of drug-likeness (QED) is 0.704. The molecule has 0 unspecified atom stereocenters. The summed E-state index contributed by atoms with van der Waals surface area (Å²) in [5.74, 6) is 0. The van der Waals surface area contributed by atoms with Crippen LogP contribution in [-0.2, 0) is 6.54 Å². The molecule has 4 heteroatoms. The zero-order valence-corrected chi connectivity index (χ0v) is 9.13. The molecule has 0 aliphatic rings. The van der Waals surface area contributed by atoms with Crippen molar-refractivity contribution in [1.29, 1.82) is 0 Å². The molecule has 0 aromatic heterocycles. The largest absolute Gasteiger partial charge is 0.396 e. The van der Waals surface area contributed by atoms with Crippen molar-refractivity contribution in [3.8, 4) is 0 Å². The molecule has 0 saturated carbocycles. The van der Waals surface area contributed by atoms with Gasteiger partial charge in [-0.15, -0.1) is 0 Å². The van der Waals surface area contributed by atoms with Gasteiger partial charge in [-0.25, -0.2) is 8.78 Å². The third-order valence-corrected chi connectivity index (χ3v) is 2.32. The lowest BCUT2D eigenvalue weighted by atomic mass is 10.1. The number of rotatable bonds is 7. The molecule has 1 aromatic rings. The Morgan fingerprint density at radius 2 is 1.81 bits per heavy atom. The molecule has 0 amide bonds. The standard InChI is InChI=1S/C12H17F2NO/c13-12(14)11-5-3-10(4-6-11)9-15-7-1-2-8-16/h3-6,12,15-16H,1-2,7-9H2. The number of benzene rings is 1. The molecule has 0 radical (unpaired) electrons. The molecule has 16 heavy (non-hydrogen) atoms. The molecule has 0 saturated heterocycles. The molecule has 0 atom stereocenters. The summed E-state index contributed by atoms with van der Waals surface area (Å²) in [5.41, 5.74) is 1.05. The molecule has 2 nitrogen and oxygen atoms in total. The van der Waals surface area contributed by atoms with Crippen LogP contribution in [0.3, 0.4) is 0 Å². The molecule has 1 rings (SSSR count). The van der Waals surface area contributed by atoms with Gasteiger partial charge in [0.1, 0.15) is 0 Å². The minimum atomic E-state index is -2.40.